The van der Waals surface area contributed by atoms with Crippen molar-refractivity contribution in [3.8, 4) is 0 Å². The molecule has 1 aromatic carbocycles. The number of ether oxygens (including phenoxy) is 1. The molecule has 0 aliphatic rings. The van der Waals surface area contributed by atoms with Crippen LogP contribution in [0, 0.1) is 0 Å². The lowest BCUT2D eigenvalue weighted by atomic mass is 10.1. The number of esters is 1. The molecule has 0 radical (unpaired) electrons. The molecule has 9 heteroatoms. The van der Waals surface area contributed by atoms with E-state index in [4.69, 9.17) is 5.73 Å². The van der Waals surface area contributed by atoms with Gasteiger partial charge in [-0.15, -0.1) is 0 Å². The number of rotatable bonds is 6. The fourth-order valence-corrected chi connectivity index (χ4v) is 1.40. The van der Waals surface area contributed by atoms with Crippen molar-refractivity contribution in [2.75, 3.05) is 13.2 Å². The first-order valence-electron chi connectivity index (χ1n) is 6.25. The second kappa shape index (κ2) is 7.97. The van der Waals surface area contributed by atoms with Crippen LogP contribution >= 0.6 is 0 Å². The van der Waals surface area contributed by atoms with Gasteiger partial charge in [-0.2, -0.15) is 13.2 Å². The van der Waals surface area contributed by atoms with Gasteiger partial charge in [0.2, 0.25) is 5.91 Å². The molecular weight excluding hydrogens is 317 g/mol. The average molecular weight is 330 g/mol. The molecule has 0 spiro atoms. The van der Waals surface area contributed by atoms with E-state index in [1.807, 2.05) is 0 Å². The molecule has 0 unspecified atom stereocenters. The summed E-state index contributed by atoms with van der Waals surface area (Å²) in [7, 11) is 0. The molecule has 0 aliphatic heterocycles. The largest absolute Gasteiger partial charge is 0.452 e. The van der Waals surface area contributed by atoms with Crippen LogP contribution in [0.15, 0.2) is 30.3 Å². The monoisotopic (exact) mass is 330 g/mol. The van der Waals surface area contributed by atoms with Crippen LogP contribution in [0.1, 0.15) is 11.1 Å². The van der Waals surface area contributed by atoms with E-state index in [1.165, 1.54) is 12.1 Å². The predicted octanol–water partition coefficient (Wildman–Crippen LogP) is 0.863. The van der Waals surface area contributed by atoms with Crippen LogP contribution in [0.2, 0.25) is 0 Å². The highest BCUT2D eigenvalue weighted by Gasteiger charge is 2.30. The Morgan fingerprint density at radius 1 is 1.26 bits per heavy atom. The third-order valence-electron chi connectivity index (χ3n) is 2.43. The lowest BCUT2D eigenvalue weighted by molar-refractivity contribution is -0.143. The van der Waals surface area contributed by atoms with Gasteiger partial charge in [0.25, 0.3) is 5.91 Å². The van der Waals surface area contributed by atoms with Gasteiger partial charge in [-0.25, -0.2) is 4.79 Å². The number of amides is 2. The minimum absolute atomic E-state index is 0.148. The van der Waals surface area contributed by atoms with Crippen LogP contribution in [-0.2, 0) is 25.3 Å². The van der Waals surface area contributed by atoms with E-state index in [0.29, 0.717) is 0 Å². The Balaban J connectivity index is 2.53. The zero-order valence-corrected chi connectivity index (χ0v) is 11.7. The van der Waals surface area contributed by atoms with Crippen LogP contribution < -0.4 is 11.1 Å². The van der Waals surface area contributed by atoms with E-state index < -0.39 is 42.7 Å². The Labute approximate surface area is 129 Å². The molecule has 23 heavy (non-hydrogen) atoms. The molecule has 124 valence electrons. The van der Waals surface area contributed by atoms with E-state index in [0.717, 1.165) is 24.3 Å². The van der Waals surface area contributed by atoms with Crippen molar-refractivity contribution in [2.24, 2.45) is 5.73 Å². The van der Waals surface area contributed by atoms with Crippen LogP contribution in [0.4, 0.5) is 13.2 Å². The van der Waals surface area contributed by atoms with Gasteiger partial charge in [0, 0.05) is 6.08 Å². The maximum absolute atomic E-state index is 12.5. The summed E-state index contributed by atoms with van der Waals surface area (Å²) in [6.07, 6.45) is -2.47. The molecule has 0 atom stereocenters. The molecule has 6 nitrogen and oxygen atoms in total. The molecule has 1 rings (SSSR count). The van der Waals surface area contributed by atoms with Crippen LogP contribution in [0.3, 0.4) is 0 Å². The summed E-state index contributed by atoms with van der Waals surface area (Å²) in [6.45, 7) is -1.03. The van der Waals surface area contributed by atoms with Crippen molar-refractivity contribution in [1.82, 2.24) is 5.32 Å². The Bertz CT molecular complexity index is 627. The quantitative estimate of drug-likeness (QED) is 0.597. The summed E-state index contributed by atoms with van der Waals surface area (Å²) in [4.78, 5) is 32.9. The number of halogens is 3. The third-order valence-corrected chi connectivity index (χ3v) is 2.43. The van der Waals surface area contributed by atoms with Gasteiger partial charge in [0.1, 0.15) is 0 Å². The molecule has 0 bridgehead atoms. The summed E-state index contributed by atoms with van der Waals surface area (Å²) in [5.74, 6) is -2.41. The van der Waals surface area contributed by atoms with Crippen molar-refractivity contribution in [3.63, 3.8) is 0 Å². The van der Waals surface area contributed by atoms with E-state index in [1.54, 1.807) is 0 Å². The Kier molecular flexibility index (Phi) is 6.31. The van der Waals surface area contributed by atoms with Crippen molar-refractivity contribution < 1.29 is 32.3 Å². The molecule has 1 aromatic rings. The molecule has 0 saturated heterocycles. The first-order chi connectivity index (χ1) is 10.7. The fourth-order valence-electron chi connectivity index (χ4n) is 1.40. The second-order valence-corrected chi connectivity index (χ2v) is 4.31. The van der Waals surface area contributed by atoms with Crippen LogP contribution in [-0.4, -0.2) is 30.9 Å². The number of carbonyl (C=O) groups excluding carboxylic acids is 3. The minimum atomic E-state index is -4.48. The Hall–Kier alpha value is -2.84. The molecule has 0 heterocycles. The minimum Gasteiger partial charge on any atom is -0.452 e. The summed E-state index contributed by atoms with van der Waals surface area (Å²) in [5, 5.41) is 2.10. The number of alkyl halides is 3. The number of hydrogen-bond acceptors (Lipinski definition) is 4. The number of carbonyl (C=O) groups is 3. The molecule has 0 fully saturated rings. The lowest BCUT2D eigenvalue weighted by Gasteiger charge is -2.06. The highest BCUT2D eigenvalue weighted by Crippen LogP contribution is 2.29. The topological polar surface area (TPSA) is 98.5 Å². The summed E-state index contributed by atoms with van der Waals surface area (Å²) in [5.41, 5.74) is 4.10. The molecule has 0 aliphatic carbocycles. The number of hydrogen-bond donors (Lipinski definition) is 2. The first-order valence-corrected chi connectivity index (χ1v) is 6.25. The summed E-state index contributed by atoms with van der Waals surface area (Å²) in [6, 6.07) is 4.34. The maximum atomic E-state index is 12.5. The van der Waals surface area contributed by atoms with Gasteiger partial charge in [-0.1, -0.05) is 12.1 Å². The van der Waals surface area contributed by atoms with Gasteiger partial charge in [0.05, 0.1) is 12.1 Å². The zero-order valence-electron chi connectivity index (χ0n) is 11.7. The van der Waals surface area contributed by atoms with E-state index in [-0.39, 0.29) is 5.56 Å². The normalized spacial score (nSPS) is 11.3. The predicted molar refractivity (Wildman–Crippen MR) is 73.6 cm³/mol. The van der Waals surface area contributed by atoms with E-state index in [2.05, 4.69) is 10.1 Å². The SMILES string of the molecule is NC(=O)CNC(=O)COC(=O)/C=C/c1cccc(C(F)(F)F)c1. The second-order valence-electron chi connectivity index (χ2n) is 4.31. The van der Waals surface area contributed by atoms with Crippen LogP contribution in [0.5, 0.6) is 0 Å². The summed E-state index contributed by atoms with van der Waals surface area (Å²) >= 11 is 0. The smallest absolute Gasteiger partial charge is 0.416 e. The van der Waals surface area contributed by atoms with Crippen molar-refractivity contribution in [2.45, 2.75) is 6.18 Å². The highest BCUT2D eigenvalue weighted by molar-refractivity contribution is 5.90. The van der Waals surface area contributed by atoms with Crippen LogP contribution in [0.25, 0.3) is 6.08 Å². The maximum Gasteiger partial charge on any atom is 0.416 e. The molecule has 3 N–H and O–H groups in total. The number of primary amides is 1. The molecular formula is C14H13F3N2O4. The Morgan fingerprint density at radius 2 is 1.96 bits per heavy atom. The fraction of sp³-hybridized carbons (Fsp3) is 0.214. The highest BCUT2D eigenvalue weighted by atomic mass is 19.4. The van der Waals surface area contributed by atoms with Gasteiger partial charge < -0.3 is 15.8 Å². The third kappa shape index (κ3) is 7.11. The molecule has 0 saturated carbocycles. The van der Waals surface area contributed by atoms with E-state index in [9.17, 15) is 27.6 Å². The zero-order chi connectivity index (χ0) is 17.5. The van der Waals surface area contributed by atoms with Crippen molar-refractivity contribution in [3.05, 3.63) is 41.5 Å². The average Bonchev–Trinajstić information content (AvgIpc) is 2.48. The molecule has 2 amide bonds. The van der Waals surface area contributed by atoms with E-state index >= 15 is 0 Å². The standard InChI is InChI=1S/C14H13F3N2O4/c15-14(16,17)10-3-1-2-9(6-10)4-5-13(22)23-8-12(21)19-7-11(18)20/h1-6H,7-8H2,(H2,18,20)(H,19,21)/b5-4+. The number of nitrogens with two attached hydrogens (primary N) is 1. The van der Waals surface area contributed by atoms with Gasteiger partial charge in [-0.3, -0.25) is 9.59 Å². The summed E-state index contributed by atoms with van der Waals surface area (Å²) < 4.78 is 42.1. The van der Waals surface area contributed by atoms with Gasteiger partial charge in [0.15, 0.2) is 6.61 Å². The van der Waals surface area contributed by atoms with Gasteiger partial charge in [-0.05, 0) is 23.8 Å². The molecule has 0 aromatic heterocycles. The number of nitrogens with one attached hydrogen (secondary N) is 1. The van der Waals surface area contributed by atoms with Crippen molar-refractivity contribution >= 4 is 23.9 Å². The Morgan fingerprint density at radius 3 is 2.57 bits per heavy atom. The number of benzene rings is 1. The lowest BCUT2D eigenvalue weighted by Crippen LogP contribution is -2.35. The first kappa shape index (κ1) is 18.2. The van der Waals surface area contributed by atoms with Crippen molar-refractivity contribution in [1.29, 1.82) is 0 Å². The van der Waals surface area contributed by atoms with Gasteiger partial charge >= 0.3 is 12.1 Å².